The summed E-state index contributed by atoms with van der Waals surface area (Å²) in [5.74, 6) is 0. The average Bonchev–Trinajstić information content (AvgIpc) is 2.70. The predicted molar refractivity (Wildman–Crippen MR) is 53.6 cm³/mol. The number of fused-ring (bicyclic) bond motifs is 1. The Morgan fingerprint density at radius 3 is 2.86 bits per heavy atom. The van der Waals surface area contributed by atoms with E-state index in [2.05, 4.69) is 11.0 Å². The number of hydrogen-bond acceptors (Lipinski definition) is 3. The van der Waals surface area contributed by atoms with Crippen molar-refractivity contribution in [2.45, 2.75) is 44.8 Å². The van der Waals surface area contributed by atoms with Crippen LogP contribution in [-0.4, -0.2) is 34.7 Å². The number of nitriles is 1. The zero-order chi connectivity index (χ0) is 10.4. The Bertz CT molecular complexity index is 282. The van der Waals surface area contributed by atoms with Crippen LogP contribution in [-0.2, 0) is 0 Å². The fraction of sp³-hybridized carbons (Fsp3) is 0.909. The minimum atomic E-state index is -0.793. The first kappa shape index (κ1) is 9.95. The highest BCUT2D eigenvalue weighted by molar-refractivity contribution is 5.16. The van der Waals surface area contributed by atoms with Crippen molar-refractivity contribution >= 4 is 0 Å². The normalized spacial score (nSPS) is 38.3. The summed E-state index contributed by atoms with van der Waals surface area (Å²) in [5, 5.41) is 19.7. The number of aliphatic hydroxyl groups is 1. The maximum absolute atomic E-state index is 10.6. The van der Waals surface area contributed by atoms with Crippen LogP contribution >= 0.6 is 0 Å². The molecular weight excluding hydrogens is 176 g/mol. The predicted octanol–water partition coefficient (Wildman–Crippen LogP) is 1.14. The maximum atomic E-state index is 10.6. The summed E-state index contributed by atoms with van der Waals surface area (Å²) in [5.41, 5.74) is -1.42. The summed E-state index contributed by atoms with van der Waals surface area (Å²) < 4.78 is 0. The van der Waals surface area contributed by atoms with Crippen LogP contribution in [0, 0.1) is 16.7 Å². The molecule has 2 saturated heterocycles. The Kier molecular flexibility index (Phi) is 2.09. The Morgan fingerprint density at radius 2 is 2.21 bits per heavy atom. The highest BCUT2D eigenvalue weighted by Gasteiger charge is 2.56. The van der Waals surface area contributed by atoms with Crippen molar-refractivity contribution in [2.75, 3.05) is 13.1 Å². The van der Waals surface area contributed by atoms with Gasteiger partial charge in [-0.05, 0) is 39.7 Å². The van der Waals surface area contributed by atoms with E-state index in [1.807, 2.05) is 13.8 Å². The van der Waals surface area contributed by atoms with Gasteiger partial charge in [-0.1, -0.05) is 0 Å². The van der Waals surface area contributed by atoms with Gasteiger partial charge >= 0.3 is 0 Å². The minimum Gasteiger partial charge on any atom is -0.387 e. The van der Waals surface area contributed by atoms with Gasteiger partial charge in [-0.2, -0.15) is 5.26 Å². The molecule has 3 heteroatoms. The molecule has 0 aromatic rings. The van der Waals surface area contributed by atoms with Crippen LogP contribution in [0.15, 0.2) is 0 Å². The average molecular weight is 194 g/mol. The first-order valence-electron chi connectivity index (χ1n) is 5.39. The monoisotopic (exact) mass is 194 g/mol. The molecule has 2 unspecified atom stereocenters. The van der Waals surface area contributed by atoms with E-state index >= 15 is 0 Å². The first-order valence-corrected chi connectivity index (χ1v) is 5.39. The molecule has 78 valence electrons. The lowest BCUT2D eigenvalue weighted by molar-refractivity contribution is -0.0582. The van der Waals surface area contributed by atoms with Gasteiger partial charge in [-0.25, -0.2) is 0 Å². The van der Waals surface area contributed by atoms with E-state index in [0.29, 0.717) is 0 Å². The van der Waals surface area contributed by atoms with Gasteiger partial charge < -0.3 is 5.11 Å². The second-order valence-electron chi connectivity index (χ2n) is 5.11. The summed E-state index contributed by atoms with van der Waals surface area (Å²) in [4.78, 5) is 2.33. The molecular formula is C11H18N2O. The lowest BCUT2D eigenvalue weighted by Gasteiger charge is -2.39. The van der Waals surface area contributed by atoms with Crippen molar-refractivity contribution in [1.82, 2.24) is 4.90 Å². The molecule has 0 aromatic carbocycles. The molecule has 0 aromatic heterocycles. The smallest absolute Gasteiger partial charge is 0.0994 e. The largest absolute Gasteiger partial charge is 0.387 e. The second kappa shape index (κ2) is 2.95. The molecule has 0 radical (unpaired) electrons. The lowest BCUT2D eigenvalue weighted by atomic mass is 9.71. The standard InChI is InChI=1S/C11H18N2O/c1-10(2,8-12)11(14)5-7-13-6-3-4-9(11)13/h9,14H,3-7H2,1-2H3. The molecule has 0 bridgehead atoms. The molecule has 1 N–H and O–H groups in total. The zero-order valence-corrected chi connectivity index (χ0v) is 8.95. The molecule has 0 aliphatic carbocycles. The second-order valence-corrected chi connectivity index (χ2v) is 5.11. The first-order chi connectivity index (χ1) is 6.51. The molecule has 14 heavy (non-hydrogen) atoms. The van der Waals surface area contributed by atoms with Crippen LogP contribution in [0.3, 0.4) is 0 Å². The van der Waals surface area contributed by atoms with E-state index in [4.69, 9.17) is 5.26 Å². The highest BCUT2D eigenvalue weighted by Crippen LogP contribution is 2.46. The number of hydrogen-bond donors (Lipinski definition) is 1. The van der Waals surface area contributed by atoms with Crippen LogP contribution in [0.4, 0.5) is 0 Å². The number of rotatable bonds is 1. The Morgan fingerprint density at radius 1 is 1.50 bits per heavy atom. The molecule has 2 fully saturated rings. The van der Waals surface area contributed by atoms with E-state index < -0.39 is 11.0 Å². The van der Waals surface area contributed by atoms with Gasteiger partial charge in [0.15, 0.2) is 0 Å². The molecule has 2 aliphatic rings. The third-order valence-corrected chi connectivity index (χ3v) is 4.06. The molecule has 2 heterocycles. The van der Waals surface area contributed by atoms with E-state index in [1.165, 1.54) is 0 Å². The fourth-order valence-corrected chi connectivity index (χ4v) is 2.94. The summed E-state index contributed by atoms with van der Waals surface area (Å²) in [6.07, 6.45) is 2.95. The van der Waals surface area contributed by atoms with Gasteiger partial charge in [0.05, 0.1) is 17.1 Å². The van der Waals surface area contributed by atoms with E-state index in [9.17, 15) is 5.11 Å². The molecule has 0 saturated carbocycles. The molecule has 3 nitrogen and oxygen atoms in total. The molecule has 0 amide bonds. The highest BCUT2D eigenvalue weighted by atomic mass is 16.3. The fourth-order valence-electron chi connectivity index (χ4n) is 2.94. The SMILES string of the molecule is CC(C)(C#N)C1(O)CCN2CCCC21. The summed E-state index contributed by atoms with van der Waals surface area (Å²) >= 11 is 0. The van der Waals surface area contributed by atoms with Crippen LogP contribution in [0.2, 0.25) is 0 Å². The van der Waals surface area contributed by atoms with Crippen LogP contribution in [0.1, 0.15) is 33.1 Å². The van der Waals surface area contributed by atoms with Crippen LogP contribution in [0.5, 0.6) is 0 Å². The van der Waals surface area contributed by atoms with Gasteiger partial charge in [0.25, 0.3) is 0 Å². The van der Waals surface area contributed by atoms with Crippen molar-refractivity contribution in [3.63, 3.8) is 0 Å². The Labute approximate surface area is 85.3 Å². The molecule has 0 spiro atoms. The third kappa shape index (κ3) is 1.11. The van der Waals surface area contributed by atoms with Crippen LogP contribution in [0.25, 0.3) is 0 Å². The van der Waals surface area contributed by atoms with Crippen molar-refractivity contribution < 1.29 is 5.11 Å². The topological polar surface area (TPSA) is 47.3 Å². The van der Waals surface area contributed by atoms with Crippen molar-refractivity contribution in [3.8, 4) is 6.07 Å². The van der Waals surface area contributed by atoms with Gasteiger partial charge in [0.2, 0.25) is 0 Å². The quantitative estimate of drug-likeness (QED) is 0.681. The summed E-state index contributed by atoms with van der Waals surface area (Å²) in [7, 11) is 0. The lowest BCUT2D eigenvalue weighted by Crippen LogP contribution is -2.51. The van der Waals surface area contributed by atoms with Crippen molar-refractivity contribution in [3.05, 3.63) is 0 Å². The molecule has 2 aliphatic heterocycles. The Balaban J connectivity index is 2.29. The minimum absolute atomic E-state index is 0.220. The molecule has 2 rings (SSSR count). The summed E-state index contributed by atoms with van der Waals surface area (Å²) in [6.45, 7) is 5.75. The van der Waals surface area contributed by atoms with Gasteiger partial charge in [0, 0.05) is 12.6 Å². The third-order valence-electron chi connectivity index (χ3n) is 4.06. The van der Waals surface area contributed by atoms with E-state index in [1.54, 1.807) is 0 Å². The van der Waals surface area contributed by atoms with Crippen molar-refractivity contribution in [2.24, 2.45) is 5.41 Å². The zero-order valence-electron chi connectivity index (χ0n) is 8.95. The van der Waals surface area contributed by atoms with Gasteiger partial charge in [-0.3, -0.25) is 4.90 Å². The van der Waals surface area contributed by atoms with Gasteiger partial charge in [-0.15, -0.1) is 0 Å². The maximum Gasteiger partial charge on any atom is 0.0994 e. The van der Waals surface area contributed by atoms with Crippen LogP contribution < -0.4 is 0 Å². The van der Waals surface area contributed by atoms with E-state index in [0.717, 1.165) is 32.4 Å². The Hall–Kier alpha value is -0.590. The van der Waals surface area contributed by atoms with Gasteiger partial charge in [0.1, 0.15) is 0 Å². The van der Waals surface area contributed by atoms with Crippen molar-refractivity contribution in [1.29, 1.82) is 5.26 Å². The molecule has 2 atom stereocenters. The number of nitrogens with zero attached hydrogens (tertiary/aromatic N) is 2. The van der Waals surface area contributed by atoms with E-state index in [-0.39, 0.29) is 6.04 Å². The summed E-state index contributed by atoms with van der Waals surface area (Å²) in [6, 6.07) is 2.48.